The van der Waals surface area contributed by atoms with Crippen LogP contribution in [0.3, 0.4) is 0 Å². The third-order valence-corrected chi connectivity index (χ3v) is 5.83. The molecule has 1 aliphatic rings. The summed E-state index contributed by atoms with van der Waals surface area (Å²) in [6.07, 6.45) is 2.60. The van der Waals surface area contributed by atoms with Crippen molar-refractivity contribution in [1.29, 1.82) is 0 Å². The normalized spacial score (nSPS) is 18.1. The van der Waals surface area contributed by atoms with E-state index in [9.17, 15) is 9.59 Å². The first kappa shape index (κ1) is 21.4. The maximum Gasteiger partial charge on any atom is 0.241 e. The molecule has 27 heavy (non-hydrogen) atoms. The van der Waals surface area contributed by atoms with Gasteiger partial charge in [0.05, 0.1) is 6.04 Å². The number of amides is 2. The van der Waals surface area contributed by atoms with Crippen molar-refractivity contribution in [3.8, 4) is 0 Å². The third-order valence-electron chi connectivity index (χ3n) is 5.83. The zero-order valence-electron chi connectivity index (χ0n) is 17.4. The highest BCUT2D eigenvalue weighted by Crippen LogP contribution is 2.20. The molecule has 5 heteroatoms. The van der Waals surface area contributed by atoms with E-state index in [1.807, 2.05) is 31.2 Å². The number of nitrogens with zero attached hydrogens (tertiary/aromatic N) is 1. The molecule has 1 saturated heterocycles. The molecule has 150 valence electrons. The Labute approximate surface area is 163 Å². The van der Waals surface area contributed by atoms with E-state index in [1.165, 1.54) is 5.56 Å². The van der Waals surface area contributed by atoms with Gasteiger partial charge in [-0.1, -0.05) is 32.9 Å². The van der Waals surface area contributed by atoms with E-state index in [-0.39, 0.29) is 29.8 Å². The van der Waals surface area contributed by atoms with Gasteiger partial charge in [-0.05, 0) is 69.8 Å². The van der Waals surface area contributed by atoms with Gasteiger partial charge in [0, 0.05) is 17.6 Å². The number of likely N-dealkylation sites (tertiary alicyclic amines) is 1. The first-order valence-electron chi connectivity index (χ1n) is 10.3. The van der Waals surface area contributed by atoms with Crippen LogP contribution in [-0.4, -0.2) is 41.9 Å². The van der Waals surface area contributed by atoms with E-state index in [0.717, 1.165) is 38.0 Å². The lowest BCUT2D eigenvalue weighted by molar-refractivity contribution is -0.128. The largest absolute Gasteiger partial charge is 0.353 e. The molecule has 0 saturated carbocycles. The summed E-state index contributed by atoms with van der Waals surface area (Å²) in [5, 5.41) is 6.12. The van der Waals surface area contributed by atoms with Crippen molar-refractivity contribution in [2.24, 2.45) is 11.8 Å². The number of anilines is 1. The summed E-state index contributed by atoms with van der Waals surface area (Å²) >= 11 is 0. The van der Waals surface area contributed by atoms with Crippen LogP contribution in [-0.2, 0) is 16.0 Å². The van der Waals surface area contributed by atoms with Gasteiger partial charge in [0.1, 0.15) is 0 Å². The minimum absolute atomic E-state index is 0.00980. The first-order valence-corrected chi connectivity index (χ1v) is 10.3. The topological polar surface area (TPSA) is 61.4 Å². The predicted octanol–water partition coefficient (Wildman–Crippen LogP) is 3.45. The van der Waals surface area contributed by atoms with Crippen molar-refractivity contribution in [3.63, 3.8) is 0 Å². The zero-order valence-corrected chi connectivity index (χ0v) is 17.4. The SMILES string of the molecule is CCc1ccc(NC(=O)C(C)N2CCC(C(=O)NC(C)C(C)C)CC2)cc1. The van der Waals surface area contributed by atoms with Crippen LogP contribution in [0.15, 0.2) is 24.3 Å². The Balaban J connectivity index is 1.81. The first-order chi connectivity index (χ1) is 12.8. The lowest BCUT2D eigenvalue weighted by atomic mass is 9.94. The van der Waals surface area contributed by atoms with Gasteiger partial charge < -0.3 is 10.6 Å². The Morgan fingerprint density at radius 2 is 1.67 bits per heavy atom. The van der Waals surface area contributed by atoms with Gasteiger partial charge in [0.15, 0.2) is 0 Å². The molecule has 1 aromatic carbocycles. The van der Waals surface area contributed by atoms with Crippen LogP contribution in [0, 0.1) is 11.8 Å². The Morgan fingerprint density at radius 1 is 1.07 bits per heavy atom. The standard InChI is InChI=1S/C22H35N3O2/c1-6-18-7-9-20(10-8-18)24-21(26)17(5)25-13-11-19(12-14-25)22(27)23-16(4)15(2)3/h7-10,15-17,19H,6,11-14H2,1-5H3,(H,23,27)(H,24,26). The molecule has 1 fully saturated rings. The lowest BCUT2D eigenvalue weighted by Crippen LogP contribution is -2.49. The van der Waals surface area contributed by atoms with E-state index < -0.39 is 0 Å². The predicted molar refractivity (Wildman–Crippen MR) is 111 cm³/mol. The summed E-state index contributed by atoms with van der Waals surface area (Å²) in [6.45, 7) is 11.9. The molecule has 0 aliphatic carbocycles. The number of rotatable bonds is 7. The molecule has 1 aromatic rings. The second-order valence-electron chi connectivity index (χ2n) is 8.07. The van der Waals surface area contributed by atoms with Crippen molar-refractivity contribution in [2.75, 3.05) is 18.4 Å². The van der Waals surface area contributed by atoms with Crippen molar-refractivity contribution < 1.29 is 9.59 Å². The number of piperidine rings is 1. The summed E-state index contributed by atoms with van der Waals surface area (Å²) in [5.41, 5.74) is 2.09. The molecule has 2 amide bonds. The van der Waals surface area contributed by atoms with Gasteiger partial charge in [-0.2, -0.15) is 0 Å². The molecule has 1 heterocycles. The highest BCUT2D eigenvalue weighted by Gasteiger charge is 2.30. The van der Waals surface area contributed by atoms with E-state index >= 15 is 0 Å². The van der Waals surface area contributed by atoms with E-state index in [4.69, 9.17) is 0 Å². The van der Waals surface area contributed by atoms with E-state index in [2.05, 4.69) is 43.2 Å². The van der Waals surface area contributed by atoms with Crippen molar-refractivity contribution in [2.45, 2.75) is 66.0 Å². The molecule has 5 nitrogen and oxygen atoms in total. The second-order valence-corrected chi connectivity index (χ2v) is 8.07. The van der Waals surface area contributed by atoms with Crippen LogP contribution in [0.25, 0.3) is 0 Å². The fraction of sp³-hybridized carbons (Fsp3) is 0.636. The van der Waals surface area contributed by atoms with E-state index in [1.54, 1.807) is 0 Å². The highest BCUT2D eigenvalue weighted by atomic mass is 16.2. The minimum atomic E-state index is -0.200. The Hall–Kier alpha value is -1.88. The smallest absolute Gasteiger partial charge is 0.241 e. The second kappa shape index (κ2) is 9.88. The fourth-order valence-corrected chi connectivity index (χ4v) is 3.29. The number of carbonyl (C=O) groups is 2. The molecule has 0 bridgehead atoms. The average molecular weight is 374 g/mol. The van der Waals surface area contributed by atoms with Gasteiger partial charge in [-0.15, -0.1) is 0 Å². The van der Waals surface area contributed by atoms with Gasteiger partial charge >= 0.3 is 0 Å². The van der Waals surface area contributed by atoms with Crippen LogP contribution in [0.5, 0.6) is 0 Å². The number of aryl methyl sites for hydroxylation is 1. The summed E-state index contributed by atoms with van der Waals surface area (Å²) in [7, 11) is 0. The highest BCUT2D eigenvalue weighted by molar-refractivity contribution is 5.94. The maximum atomic E-state index is 12.6. The molecular formula is C22H35N3O2. The Kier molecular flexibility index (Phi) is 7.84. The Bertz CT molecular complexity index is 619. The molecule has 0 aromatic heterocycles. The van der Waals surface area contributed by atoms with Crippen molar-refractivity contribution >= 4 is 17.5 Å². The van der Waals surface area contributed by atoms with Gasteiger partial charge in [-0.25, -0.2) is 0 Å². The quantitative estimate of drug-likeness (QED) is 0.769. The minimum Gasteiger partial charge on any atom is -0.353 e. The molecule has 0 radical (unpaired) electrons. The zero-order chi connectivity index (χ0) is 20.0. The van der Waals surface area contributed by atoms with Crippen LogP contribution >= 0.6 is 0 Å². The molecule has 2 unspecified atom stereocenters. The summed E-state index contributed by atoms with van der Waals surface area (Å²) in [5.74, 6) is 0.656. The number of hydrogen-bond acceptors (Lipinski definition) is 3. The molecular weight excluding hydrogens is 338 g/mol. The number of nitrogens with one attached hydrogen (secondary N) is 2. The average Bonchev–Trinajstić information content (AvgIpc) is 2.67. The van der Waals surface area contributed by atoms with Gasteiger partial charge in [0.2, 0.25) is 11.8 Å². The monoisotopic (exact) mass is 373 g/mol. The number of carbonyl (C=O) groups excluding carboxylic acids is 2. The van der Waals surface area contributed by atoms with Gasteiger partial charge in [-0.3, -0.25) is 14.5 Å². The molecule has 0 spiro atoms. The van der Waals surface area contributed by atoms with Crippen molar-refractivity contribution in [1.82, 2.24) is 10.2 Å². The molecule has 2 atom stereocenters. The fourth-order valence-electron chi connectivity index (χ4n) is 3.29. The molecule has 1 aliphatic heterocycles. The van der Waals surface area contributed by atoms with Crippen LogP contribution in [0.2, 0.25) is 0 Å². The number of hydrogen-bond donors (Lipinski definition) is 2. The summed E-state index contributed by atoms with van der Waals surface area (Å²) in [6, 6.07) is 7.99. The van der Waals surface area contributed by atoms with Crippen LogP contribution < -0.4 is 10.6 Å². The summed E-state index contributed by atoms with van der Waals surface area (Å²) in [4.78, 5) is 27.1. The van der Waals surface area contributed by atoms with E-state index in [0.29, 0.717) is 5.92 Å². The van der Waals surface area contributed by atoms with Gasteiger partial charge in [0.25, 0.3) is 0 Å². The third kappa shape index (κ3) is 6.06. The maximum absolute atomic E-state index is 12.6. The number of benzene rings is 1. The van der Waals surface area contributed by atoms with Crippen LogP contribution in [0.4, 0.5) is 5.69 Å². The van der Waals surface area contributed by atoms with Crippen molar-refractivity contribution in [3.05, 3.63) is 29.8 Å². The van der Waals surface area contributed by atoms with Crippen LogP contribution in [0.1, 0.15) is 53.0 Å². The molecule has 2 rings (SSSR count). The summed E-state index contributed by atoms with van der Waals surface area (Å²) < 4.78 is 0. The molecule has 2 N–H and O–H groups in total. The lowest BCUT2D eigenvalue weighted by Gasteiger charge is -2.35. The Morgan fingerprint density at radius 3 is 2.19 bits per heavy atom.